The van der Waals surface area contributed by atoms with Crippen molar-refractivity contribution in [3.63, 3.8) is 0 Å². The minimum absolute atomic E-state index is 0.161. The first-order valence-corrected chi connectivity index (χ1v) is 14.0. The lowest BCUT2D eigenvalue weighted by atomic mass is 9.96. The van der Waals surface area contributed by atoms with Crippen LogP contribution in [0, 0.1) is 0 Å². The van der Waals surface area contributed by atoms with E-state index in [4.69, 9.17) is 4.74 Å². The van der Waals surface area contributed by atoms with E-state index in [1.54, 1.807) is 0 Å². The molecule has 0 spiro atoms. The number of nitrogens with one attached hydrogen (secondary N) is 1. The number of fused-ring (bicyclic) bond motifs is 1. The minimum Gasteiger partial charge on any atom is -0.465 e. The molecule has 1 amide bonds. The van der Waals surface area contributed by atoms with Crippen molar-refractivity contribution in [3.05, 3.63) is 57.7 Å². The maximum absolute atomic E-state index is 12.9. The van der Waals surface area contributed by atoms with E-state index in [9.17, 15) is 9.59 Å². The second-order valence-electron chi connectivity index (χ2n) is 8.58. The van der Waals surface area contributed by atoms with Crippen LogP contribution in [0.25, 0.3) is 0 Å². The lowest BCUT2D eigenvalue weighted by Gasteiger charge is -2.11. The SMILES string of the molecule is CCn1c(CCc2ccccc2)nnc1SCC(=O)Nc1sc2c(c1C(=O)OC)CCCCCC2. The van der Waals surface area contributed by atoms with Crippen molar-refractivity contribution < 1.29 is 14.3 Å². The molecule has 0 unspecified atom stereocenters. The fraction of sp³-hybridized carbons (Fsp3) is 0.462. The Morgan fingerprint density at radius 3 is 2.60 bits per heavy atom. The molecule has 2 heterocycles. The van der Waals surface area contributed by atoms with Crippen molar-refractivity contribution in [2.45, 2.75) is 70.0 Å². The highest BCUT2D eigenvalue weighted by atomic mass is 32.2. The topological polar surface area (TPSA) is 86.1 Å². The number of anilines is 1. The van der Waals surface area contributed by atoms with Gasteiger partial charge in [0.25, 0.3) is 0 Å². The maximum Gasteiger partial charge on any atom is 0.341 e. The average molecular weight is 513 g/mol. The van der Waals surface area contributed by atoms with Crippen LogP contribution in [0.2, 0.25) is 0 Å². The molecule has 0 aliphatic heterocycles. The Balaban J connectivity index is 1.42. The summed E-state index contributed by atoms with van der Waals surface area (Å²) in [5.41, 5.74) is 2.85. The molecule has 186 valence electrons. The third-order valence-corrected chi connectivity index (χ3v) is 8.41. The molecule has 0 saturated heterocycles. The number of aryl methyl sites for hydroxylation is 3. The molecule has 9 heteroatoms. The van der Waals surface area contributed by atoms with Gasteiger partial charge in [0.15, 0.2) is 5.16 Å². The molecule has 1 aliphatic rings. The minimum atomic E-state index is -0.375. The Labute approximate surface area is 214 Å². The maximum atomic E-state index is 12.9. The highest BCUT2D eigenvalue weighted by Crippen LogP contribution is 2.37. The van der Waals surface area contributed by atoms with E-state index in [2.05, 4.69) is 39.1 Å². The number of hydrogen-bond acceptors (Lipinski definition) is 7. The Kier molecular flexibility index (Phi) is 8.98. The summed E-state index contributed by atoms with van der Waals surface area (Å²) in [4.78, 5) is 26.7. The van der Waals surface area contributed by atoms with Crippen molar-refractivity contribution in [3.8, 4) is 0 Å². The molecule has 35 heavy (non-hydrogen) atoms. The van der Waals surface area contributed by atoms with Gasteiger partial charge in [-0.25, -0.2) is 4.79 Å². The number of ether oxygens (including phenoxy) is 1. The van der Waals surface area contributed by atoms with E-state index < -0.39 is 0 Å². The number of nitrogens with zero attached hydrogens (tertiary/aromatic N) is 3. The monoisotopic (exact) mass is 512 g/mol. The molecule has 3 aromatic rings. The van der Waals surface area contributed by atoms with E-state index in [1.165, 1.54) is 53.5 Å². The van der Waals surface area contributed by atoms with Gasteiger partial charge in [0.2, 0.25) is 5.91 Å². The summed E-state index contributed by atoms with van der Waals surface area (Å²) in [5, 5.41) is 13.0. The average Bonchev–Trinajstić information content (AvgIpc) is 3.41. The van der Waals surface area contributed by atoms with Crippen LogP contribution in [0.4, 0.5) is 5.00 Å². The molecule has 0 bridgehead atoms. The standard InChI is InChI=1S/C26H32N4O3S2/c1-3-30-21(16-15-18-11-7-6-8-12-18)28-29-26(30)34-17-22(31)27-24-23(25(32)33-2)19-13-9-4-5-10-14-20(19)35-24/h6-8,11-12H,3-5,9-10,13-17H2,1-2H3,(H,27,31). The second kappa shape index (κ2) is 12.4. The van der Waals surface area contributed by atoms with Gasteiger partial charge in [-0.3, -0.25) is 4.79 Å². The van der Waals surface area contributed by atoms with Gasteiger partial charge in [-0.15, -0.1) is 21.5 Å². The highest BCUT2D eigenvalue weighted by molar-refractivity contribution is 7.99. The van der Waals surface area contributed by atoms with Gasteiger partial charge < -0.3 is 14.6 Å². The summed E-state index contributed by atoms with van der Waals surface area (Å²) in [5.74, 6) is 0.580. The van der Waals surface area contributed by atoms with E-state index in [1.807, 2.05) is 18.2 Å². The second-order valence-corrected chi connectivity index (χ2v) is 10.6. The van der Waals surface area contributed by atoms with Gasteiger partial charge >= 0.3 is 5.97 Å². The number of thiophene rings is 1. The number of amides is 1. The van der Waals surface area contributed by atoms with Crippen LogP contribution in [0.15, 0.2) is 35.5 Å². The Morgan fingerprint density at radius 2 is 1.86 bits per heavy atom. The van der Waals surface area contributed by atoms with Crippen LogP contribution < -0.4 is 5.32 Å². The molecule has 0 fully saturated rings. The van der Waals surface area contributed by atoms with Crippen LogP contribution in [0.5, 0.6) is 0 Å². The van der Waals surface area contributed by atoms with Crippen molar-refractivity contribution in [2.75, 3.05) is 18.2 Å². The fourth-order valence-corrected chi connectivity index (χ4v) is 6.56. The van der Waals surface area contributed by atoms with Gasteiger partial charge in [0.05, 0.1) is 18.4 Å². The smallest absolute Gasteiger partial charge is 0.341 e. The van der Waals surface area contributed by atoms with Crippen molar-refractivity contribution >= 4 is 40.0 Å². The largest absolute Gasteiger partial charge is 0.465 e. The normalized spacial score (nSPS) is 13.5. The summed E-state index contributed by atoms with van der Waals surface area (Å²) in [6.07, 6.45) is 8.01. The number of rotatable bonds is 9. The van der Waals surface area contributed by atoms with Gasteiger partial charge in [-0.1, -0.05) is 54.9 Å². The van der Waals surface area contributed by atoms with E-state index >= 15 is 0 Å². The first-order chi connectivity index (χ1) is 17.1. The predicted octanol–water partition coefficient (Wildman–Crippen LogP) is 5.32. The number of aromatic nitrogens is 3. The zero-order valence-electron chi connectivity index (χ0n) is 20.3. The number of benzene rings is 1. The van der Waals surface area contributed by atoms with Crippen molar-refractivity contribution in [1.82, 2.24) is 14.8 Å². The van der Waals surface area contributed by atoms with Crippen LogP contribution in [0.1, 0.15) is 64.8 Å². The third-order valence-electron chi connectivity index (χ3n) is 6.24. The molecule has 4 rings (SSSR count). The van der Waals surface area contributed by atoms with Crippen LogP contribution in [-0.2, 0) is 41.8 Å². The van der Waals surface area contributed by atoms with E-state index in [0.29, 0.717) is 10.6 Å². The van der Waals surface area contributed by atoms with Gasteiger partial charge in [0, 0.05) is 17.8 Å². The Bertz CT molecular complexity index is 1160. The lowest BCUT2D eigenvalue weighted by Crippen LogP contribution is -2.17. The Morgan fingerprint density at radius 1 is 1.09 bits per heavy atom. The highest BCUT2D eigenvalue weighted by Gasteiger charge is 2.26. The third kappa shape index (κ3) is 6.32. The zero-order chi connectivity index (χ0) is 24.6. The molecule has 1 aliphatic carbocycles. The quantitative estimate of drug-likeness (QED) is 0.308. The van der Waals surface area contributed by atoms with Gasteiger partial charge in [-0.05, 0) is 50.2 Å². The van der Waals surface area contributed by atoms with Gasteiger partial charge in [0.1, 0.15) is 10.8 Å². The molecule has 0 atom stereocenters. The Hall–Kier alpha value is -2.65. The van der Waals surface area contributed by atoms with Crippen molar-refractivity contribution in [1.29, 1.82) is 0 Å². The molecule has 2 aromatic heterocycles. The molecular formula is C26H32N4O3S2. The number of carbonyl (C=O) groups excluding carboxylic acids is 2. The summed E-state index contributed by atoms with van der Waals surface area (Å²) in [6, 6.07) is 10.3. The fourth-order valence-electron chi connectivity index (χ4n) is 4.45. The number of thioether (sulfide) groups is 1. The lowest BCUT2D eigenvalue weighted by molar-refractivity contribution is -0.113. The first-order valence-electron chi connectivity index (χ1n) is 12.2. The van der Waals surface area contributed by atoms with Crippen molar-refractivity contribution in [2.24, 2.45) is 0 Å². The predicted molar refractivity (Wildman–Crippen MR) is 140 cm³/mol. The summed E-state index contributed by atoms with van der Waals surface area (Å²) in [7, 11) is 1.39. The number of carbonyl (C=O) groups is 2. The van der Waals surface area contributed by atoms with E-state index in [0.717, 1.165) is 61.6 Å². The molecule has 7 nitrogen and oxygen atoms in total. The zero-order valence-corrected chi connectivity index (χ0v) is 22.0. The van der Waals surface area contributed by atoms with E-state index in [-0.39, 0.29) is 17.6 Å². The number of esters is 1. The summed E-state index contributed by atoms with van der Waals surface area (Å²) < 4.78 is 7.13. The number of methoxy groups -OCH3 is 1. The molecule has 0 radical (unpaired) electrons. The van der Waals surface area contributed by atoms with Crippen LogP contribution >= 0.6 is 23.1 Å². The molecular weight excluding hydrogens is 480 g/mol. The summed E-state index contributed by atoms with van der Waals surface area (Å²) in [6.45, 7) is 2.80. The summed E-state index contributed by atoms with van der Waals surface area (Å²) >= 11 is 2.89. The number of hydrogen-bond donors (Lipinski definition) is 1. The molecule has 0 saturated carbocycles. The molecule has 1 N–H and O–H groups in total. The van der Waals surface area contributed by atoms with Crippen LogP contribution in [-0.4, -0.2) is 39.5 Å². The first kappa shape index (κ1) is 25.4. The molecule has 1 aromatic carbocycles. The van der Waals surface area contributed by atoms with Crippen LogP contribution in [0.3, 0.4) is 0 Å². The van der Waals surface area contributed by atoms with Gasteiger partial charge in [-0.2, -0.15) is 0 Å².